The summed E-state index contributed by atoms with van der Waals surface area (Å²) in [6, 6.07) is 5.18. The second kappa shape index (κ2) is 5.73. The summed E-state index contributed by atoms with van der Waals surface area (Å²) in [4.78, 5) is 11.2. The number of hydrogen-bond acceptors (Lipinski definition) is 3. The SMILES string of the molecule is COC(=O)c1ccc(CCCO)cc1Cl. The summed E-state index contributed by atoms with van der Waals surface area (Å²) in [6.07, 6.45) is 1.44. The zero-order valence-corrected chi connectivity index (χ0v) is 9.25. The molecule has 1 aromatic rings. The number of carbonyl (C=O) groups excluding carboxylic acids is 1. The fraction of sp³-hybridized carbons (Fsp3) is 0.364. The number of carbonyl (C=O) groups is 1. The van der Waals surface area contributed by atoms with E-state index in [0.717, 1.165) is 12.0 Å². The molecule has 3 nitrogen and oxygen atoms in total. The van der Waals surface area contributed by atoms with Crippen molar-refractivity contribution in [2.45, 2.75) is 12.8 Å². The van der Waals surface area contributed by atoms with Gasteiger partial charge in [-0.05, 0) is 30.5 Å². The molecule has 0 aliphatic carbocycles. The molecular weight excluding hydrogens is 216 g/mol. The number of methoxy groups -OCH3 is 1. The molecule has 15 heavy (non-hydrogen) atoms. The highest BCUT2D eigenvalue weighted by atomic mass is 35.5. The number of esters is 1. The van der Waals surface area contributed by atoms with Crippen molar-refractivity contribution >= 4 is 17.6 Å². The normalized spacial score (nSPS) is 10.1. The van der Waals surface area contributed by atoms with Crippen LogP contribution < -0.4 is 0 Å². The minimum Gasteiger partial charge on any atom is -0.465 e. The number of benzene rings is 1. The summed E-state index contributed by atoms with van der Waals surface area (Å²) in [5.41, 5.74) is 1.37. The van der Waals surface area contributed by atoms with E-state index in [-0.39, 0.29) is 6.61 Å². The first kappa shape index (κ1) is 12.0. The highest BCUT2D eigenvalue weighted by molar-refractivity contribution is 6.33. The van der Waals surface area contributed by atoms with Crippen molar-refractivity contribution in [2.75, 3.05) is 13.7 Å². The lowest BCUT2D eigenvalue weighted by molar-refractivity contribution is 0.0601. The van der Waals surface area contributed by atoms with Gasteiger partial charge in [-0.15, -0.1) is 0 Å². The molecule has 0 saturated heterocycles. The standard InChI is InChI=1S/C11H13ClO3/c1-15-11(14)9-5-4-8(3-2-6-13)7-10(9)12/h4-5,7,13H,2-3,6H2,1H3. The molecule has 1 aromatic carbocycles. The van der Waals surface area contributed by atoms with Gasteiger partial charge in [-0.1, -0.05) is 17.7 Å². The number of ether oxygens (including phenoxy) is 1. The molecule has 0 bridgehead atoms. The molecule has 0 unspecified atom stereocenters. The Hall–Kier alpha value is -1.06. The minimum absolute atomic E-state index is 0.149. The highest BCUT2D eigenvalue weighted by Gasteiger charge is 2.10. The monoisotopic (exact) mass is 228 g/mol. The molecule has 1 rings (SSSR count). The van der Waals surface area contributed by atoms with E-state index in [4.69, 9.17) is 16.7 Å². The van der Waals surface area contributed by atoms with Crippen LogP contribution in [0.3, 0.4) is 0 Å². The first-order valence-electron chi connectivity index (χ1n) is 4.66. The fourth-order valence-corrected chi connectivity index (χ4v) is 1.55. The molecule has 0 radical (unpaired) electrons. The Balaban J connectivity index is 2.83. The van der Waals surface area contributed by atoms with Crippen molar-refractivity contribution < 1.29 is 14.6 Å². The molecule has 82 valence electrons. The molecule has 0 saturated carbocycles. The lowest BCUT2D eigenvalue weighted by Crippen LogP contribution is -2.02. The molecule has 4 heteroatoms. The van der Waals surface area contributed by atoms with Crippen LogP contribution in [0.25, 0.3) is 0 Å². The van der Waals surface area contributed by atoms with Gasteiger partial charge in [-0.2, -0.15) is 0 Å². The maximum Gasteiger partial charge on any atom is 0.339 e. The van der Waals surface area contributed by atoms with Gasteiger partial charge in [0, 0.05) is 6.61 Å². The quantitative estimate of drug-likeness (QED) is 0.803. The van der Waals surface area contributed by atoms with Gasteiger partial charge in [0.1, 0.15) is 0 Å². The number of hydrogen-bond donors (Lipinski definition) is 1. The van der Waals surface area contributed by atoms with Crippen LogP contribution in [-0.4, -0.2) is 24.8 Å². The van der Waals surface area contributed by atoms with E-state index < -0.39 is 5.97 Å². The molecule has 0 aliphatic rings. The summed E-state index contributed by atoms with van der Waals surface area (Å²) >= 11 is 5.92. The Labute approximate surface area is 93.6 Å². The van der Waals surface area contributed by atoms with Gasteiger partial charge in [0.15, 0.2) is 0 Å². The van der Waals surface area contributed by atoms with Gasteiger partial charge in [-0.25, -0.2) is 4.79 Å². The van der Waals surface area contributed by atoms with Gasteiger partial charge >= 0.3 is 5.97 Å². The van der Waals surface area contributed by atoms with Crippen molar-refractivity contribution in [1.82, 2.24) is 0 Å². The Morgan fingerprint density at radius 2 is 2.27 bits per heavy atom. The maximum atomic E-state index is 11.2. The summed E-state index contributed by atoms with van der Waals surface area (Å²) in [5.74, 6) is -0.436. The molecule has 0 aromatic heterocycles. The van der Waals surface area contributed by atoms with Gasteiger partial charge in [0.2, 0.25) is 0 Å². The highest BCUT2D eigenvalue weighted by Crippen LogP contribution is 2.19. The first-order valence-corrected chi connectivity index (χ1v) is 5.04. The molecular formula is C11H13ClO3. The van der Waals surface area contributed by atoms with Crippen LogP contribution in [0.2, 0.25) is 5.02 Å². The topological polar surface area (TPSA) is 46.5 Å². The molecule has 0 amide bonds. The Bertz CT molecular complexity index is 350. The smallest absolute Gasteiger partial charge is 0.339 e. The third-order valence-electron chi connectivity index (χ3n) is 2.06. The van der Waals surface area contributed by atoms with Gasteiger partial charge in [-0.3, -0.25) is 0 Å². The zero-order valence-electron chi connectivity index (χ0n) is 8.50. The summed E-state index contributed by atoms with van der Waals surface area (Å²) in [7, 11) is 1.32. The predicted molar refractivity (Wildman–Crippen MR) is 58.2 cm³/mol. The summed E-state index contributed by atoms with van der Waals surface area (Å²) in [6.45, 7) is 0.149. The number of aryl methyl sites for hydroxylation is 1. The van der Waals surface area contributed by atoms with E-state index in [2.05, 4.69) is 4.74 Å². The van der Waals surface area contributed by atoms with Crippen molar-refractivity contribution in [3.05, 3.63) is 34.3 Å². The van der Waals surface area contributed by atoms with Crippen LogP contribution in [0.4, 0.5) is 0 Å². The van der Waals surface area contributed by atoms with E-state index in [1.54, 1.807) is 12.1 Å². The average Bonchev–Trinajstić information content (AvgIpc) is 2.25. The van der Waals surface area contributed by atoms with Crippen molar-refractivity contribution in [2.24, 2.45) is 0 Å². The van der Waals surface area contributed by atoms with Crippen LogP contribution in [0.15, 0.2) is 18.2 Å². The third kappa shape index (κ3) is 3.22. The van der Waals surface area contributed by atoms with E-state index in [1.165, 1.54) is 7.11 Å². The lowest BCUT2D eigenvalue weighted by atomic mass is 10.1. The van der Waals surface area contributed by atoms with Gasteiger partial charge in [0.25, 0.3) is 0 Å². The molecule has 1 N–H and O–H groups in total. The summed E-state index contributed by atoms with van der Waals surface area (Å²) in [5, 5.41) is 9.06. The maximum absolute atomic E-state index is 11.2. The van der Waals surface area contributed by atoms with E-state index in [1.807, 2.05) is 6.07 Å². The van der Waals surface area contributed by atoms with Crippen LogP contribution in [0, 0.1) is 0 Å². The first-order chi connectivity index (χ1) is 7.19. The zero-order chi connectivity index (χ0) is 11.3. The molecule has 0 aliphatic heterocycles. The Kier molecular flexibility index (Phi) is 4.59. The van der Waals surface area contributed by atoms with Crippen molar-refractivity contribution in [1.29, 1.82) is 0 Å². The van der Waals surface area contributed by atoms with E-state index in [9.17, 15) is 4.79 Å². The summed E-state index contributed by atoms with van der Waals surface area (Å²) < 4.78 is 4.57. The van der Waals surface area contributed by atoms with E-state index >= 15 is 0 Å². The van der Waals surface area contributed by atoms with Gasteiger partial charge in [0.05, 0.1) is 17.7 Å². The van der Waals surface area contributed by atoms with Crippen LogP contribution >= 0.6 is 11.6 Å². The second-order valence-electron chi connectivity index (χ2n) is 3.13. The minimum atomic E-state index is -0.436. The number of halogens is 1. The van der Waals surface area contributed by atoms with Crippen LogP contribution in [-0.2, 0) is 11.2 Å². The van der Waals surface area contributed by atoms with E-state index in [0.29, 0.717) is 17.0 Å². The molecule has 0 heterocycles. The fourth-order valence-electron chi connectivity index (χ4n) is 1.27. The average molecular weight is 229 g/mol. The van der Waals surface area contributed by atoms with Gasteiger partial charge < -0.3 is 9.84 Å². The molecule has 0 fully saturated rings. The Morgan fingerprint density at radius 1 is 1.53 bits per heavy atom. The third-order valence-corrected chi connectivity index (χ3v) is 2.38. The lowest BCUT2D eigenvalue weighted by Gasteiger charge is -2.04. The van der Waals surface area contributed by atoms with Crippen molar-refractivity contribution in [3.8, 4) is 0 Å². The number of rotatable bonds is 4. The van der Waals surface area contributed by atoms with Crippen LogP contribution in [0.5, 0.6) is 0 Å². The largest absolute Gasteiger partial charge is 0.465 e. The number of aliphatic hydroxyl groups excluding tert-OH is 1. The predicted octanol–water partition coefficient (Wildman–Crippen LogP) is 2.05. The molecule has 0 spiro atoms. The second-order valence-corrected chi connectivity index (χ2v) is 3.54. The Morgan fingerprint density at radius 3 is 2.80 bits per heavy atom. The van der Waals surface area contributed by atoms with Crippen LogP contribution in [0.1, 0.15) is 22.3 Å². The molecule has 0 atom stereocenters. The number of aliphatic hydroxyl groups is 1. The van der Waals surface area contributed by atoms with Crippen molar-refractivity contribution in [3.63, 3.8) is 0 Å².